The molecule has 8 heteroatoms. The monoisotopic (exact) mass is 548 g/mol. The Bertz CT molecular complexity index is 1920. The minimum absolute atomic E-state index is 0.218. The van der Waals surface area contributed by atoms with Crippen molar-refractivity contribution >= 4 is 23.3 Å². The van der Waals surface area contributed by atoms with Gasteiger partial charge in [-0.2, -0.15) is 0 Å². The van der Waals surface area contributed by atoms with Gasteiger partial charge in [0, 0.05) is 58.6 Å². The zero-order chi connectivity index (χ0) is 27.9. The highest BCUT2D eigenvalue weighted by Gasteiger charge is 2.40. The van der Waals surface area contributed by atoms with Crippen LogP contribution in [-0.2, 0) is 0 Å². The highest BCUT2D eigenvalue weighted by atomic mass is 15.4. The van der Waals surface area contributed by atoms with Gasteiger partial charge in [0.15, 0.2) is 12.3 Å². The molecular weight excluding hydrogens is 520 g/mol. The van der Waals surface area contributed by atoms with Gasteiger partial charge >= 0.3 is 0 Å². The Morgan fingerprint density at radius 2 is 0.857 bits per heavy atom. The van der Waals surface area contributed by atoms with Crippen LogP contribution in [0.4, 0.5) is 0 Å². The molecule has 0 radical (unpaired) electrons. The second kappa shape index (κ2) is 8.63. The summed E-state index contributed by atoms with van der Waals surface area (Å²) in [5.41, 5.74) is 8.85. The normalized spacial score (nSPS) is 29.3. The molecule has 0 saturated carbocycles. The molecule has 0 aliphatic carbocycles. The summed E-state index contributed by atoms with van der Waals surface area (Å²) in [6.45, 7) is 0. The minimum atomic E-state index is -0.274. The molecule has 0 saturated heterocycles. The first-order valence-electron chi connectivity index (χ1n) is 14.3. The Kier molecular flexibility index (Phi) is 4.82. The fourth-order valence-corrected chi connectivity index (χ4v) is 6.89. The van der Waals surface area contributed by atoms with Gasteiger partial charge in [0.05, 0.1) is 0 Å². The third-order valence-corrected chi connectivity index (χ3v) is 8.94. The van der Waals surface area contributed by atoms with E-state index in [-0.39, 0.29) is 24.7 Å². The van der Waals surface area contributed by atoms with Crippen molar-refractivity contribution in [1.29, 1.82) is 0 Å². The Hall–Kier alpha value is -5.24. The third kappa shape index (κ3) is 3.23. The topological polar surface area (TPSA) is 80.0 Å². The molecule has 0 spiro atoms. The predicted octanol–water partition coefficient (Wildman–Crippen LogP) is 4.88. The fraction of sp³-hybridized carbons (Fsp3) is 0.176. The number of amidine groups is 4. The quantitative estimate of drug-likeness (QED) is 0.328. The van der Waals surface area contributed by atoms with Crippen LogP contribution in [0.25, 0.3) is 0 Å². The summed E-state index contributed by atoms with van der Waals surface area (Å²) in [4.78, 5) is 25.8. The SMILES string of the molecule is CN1/C2=N\C3c4ccccc4/C(=N/C4N/C(=N\C5N/C(=N\C1c1ccccc12)c1ccccc15)c1ccccc14)N3C. The van der Waals surface area contributed by atoms with E-state index in [0.717, 1.165) is 67.9 Å². The van der Waals surface area contributed by atoms with Gasteiger partial charge in [-0.05, 0) is 0 Å². The van der Waals surface area contributed by atoms with Crippen molar-refractivity contribution in [3.63, 3.8) is 0 Å². The molecule has 4 atom stereocenters. The second-order valence-electron chi connectivity index (χ2n) is 11.3. The van der Waals surface area contributed by atoms with E-state index in [1.807, 2.05) is 0 Å². The maximum absolute atomic E-state index is 5.44. The number of rotatable bonds is 0. The highest BCUT2D eigenvalue weighted by Crippen LogP contribution is 2.41. The summed E-state index contributed by atoms with van der Waals surface area (Å²) in [6.07, 6.45) is -0.984. The van der Waals surface area contributed by atoms with Gasteiger partial charge in [-0.25, -0.2) is 20.0 Å². The summed E-state index contributed by atoms with van der Waals surface area (Å²) in [6, 6.07) is 33.7. The van der Waals surface area contributed by atoms with Crippen molar-refractivity contribution in [3.8, 4) is 0 Å². The van der Waals surface area contributed by atoms with Crippen molar-refractivity contribution in [2.24, 2.45) is 20.0 Å². The van der Waals surface area contributed by atoms with Crippen LogP contribution in [0.5, 0.6) is 0 Å². The van der Waals surface area contributed by atoms with Gasteiger partial charge < -0.3 is 20.4 Å². The molecule has 5 heterocycles. The van der Waals surface area contributed by atoms with Gasteiger partial charge in [-0.15, -0.1) is 0 Å². The standard InChI is InChI=1S/C34H28N8/c1-41-31-23-15-7-9-17-25(23)33(41)40-34-26-18-10-8-16-24(26)32(42(34)2)39-30-22-14-6-4-12-20(22)28(37-30)35-27-19-11-3-5-13-21(19)29(36-27)38-31/h3-18,27,30-31,34H,1-2H3,(H,35,37)(H,36,38)/b39-32-,40-33-. The van der Waals surface area contributed by atoms with E-state index in [0.29, 0.717) is 0 Å². The van der Waals surface area contributed by atoms with E-state index >= 15 is 0 Å². The lowest BCUT2D eigenvalue weighted by molar-refractivity contribution is 0.378. The van der Waals surface area contributed by atoms with Crippen LogP contribution in [-0.4, -0.2) is 47.2 Å². The zero-order valence-corrected chi connectivity index (χ0v) is 23.2. The molecule has 204 valence electrons. The van der Waals surface area contributed by atoms with E-state index in [1.165, 1.54) is 0 Å². The van der Waals surface area contributed by atoms with Crippen molar-refractivity contribution in [2.45, 2.75) is 24.7 Å². The zero-order valence-electron chi connectivity index (χ0n) is 23.2. The largest absolute Gasteiger partial charge is 0.344 e. The second-order valence-corrected chi connectivity index (χ2v) is 11.3. The van der Waals surface area contributed by atoms with Crippen LogP contribution in [0.2, 0.25) is 0 Å². The van der Waals surface area contributed by atoms with Gasteiger partial charge in [0.1, 0.15) is 35.7 Å². The Morgan fingerprint density at radius 1 is 0.452 bits per heavy atom. The molecule has 5 aliphatic heterocycles. The van der Waals surface area contributed by atoms with Crippen LogP contribution < -0.4 is 10.6 Å². The molecule has 0 fully saturated rings. The number of nitrogens with zero attached hydrogens (tertiary/aromatic N) is 6. The van der Waals surface area contributed by atoms with E-state index in [9.17, 15) is 0 Å². The van der Waals surface area contributed by atoms with Gasteiger partial charge in [-0.1, -0.05) is 97.1 Å². The van der Waals surface area contributed by atoms with Crippen molar-refractivity contribution in [2.75, 3.05) is 14.1 Å². The molecule has 2 N–H and O–H groups in total. The van der Waals surface area contributed by atoms with Crippen LogP contribution >= 0.6 is 0 Å². The predicted molar refractivity (Wildman–Crippen MR) is 165 cm³/mol. The first kappa shape index (κ1) is 23.5. The number of hydrogen-bond donors (Lipinski definition) is 2. The summed E-state index contributed by atoms with van der Waals surface area (Å²) in [5, 5.41) is 7.30. The lowest BCUT2D eigenvalue weighted by Gasteiger charge is -2.24. The average molecular weight is 549 g/mol. The van der Waals surface area contributed by atoms with E-state index in [1.54, 1.807) is 0 Å². The maximum Gasteiger partial charge on any atom is 0.151 e. The first-order valence-corrected chi connectivity index (χ1v) is 14.3. The average Bonchev–Trinajstić information content (AvgIpc) is 3.71. The third-order valence-electron chi connectivity index (χ3n) is 8.94. The molecule has 4 aromatic carbocycles. The van der Waals surface area contributed by atoms with Gasteiger partial charge in [0.25, 0.3) is 0 Å². The van der Waals surface area contributed by atoms with Crippen molar-refractivity contribution in [3.05, 3.63) is 142 Å². The van der Waals surface area contributed by atoms with Gasteiger partial charge in [0.2, 0.25) is 0 Å². The Morgan fingerprint density at radius 3 is 1.43 bits per heavy atom. The maximum atomic E-state index is 5.44. The molecule has 4 aromatic rings. The number of nitrogens with one attached hydrogen (secondary N) is 2. The minimum Gasteiger partial charge on any atom is -0.344 e. The number of aliphatic imine (C=N–C) groups is 4. The smallest absolute Gasteiger partial charge is 0.151 e. The van der Waals surface area contributed by atoms with E-state index in [2.05, 4.69) is 132 Å². The first-order chi connectivity index (χ1) is 20.7. The molecule has 4 unspecified atom stereocenters. The van der Waals surface area contributed by atoms with Crippen LogP contribution in [0.15, 0.2) is 117 Å². The summed E-state index contributed by atoms with van der Waals surface area (Å²) in [5.74, 6) is 3.50. The van der Waals surface area contributed by atoms with E-state index < -0.39 is 0 Å². The van der Waals surface area contributed by atoms with Crippen LogP contribution in [0.3, 0.4) is 0 Å². The van der Waals surface area contributed by atoms with E-state index in [4.69, 9.17) is 20.0 Å². The molecule has 8 nitrogen and oxygen atoms in total. The lowest BCUT2D eigenvalue weighted by atomic mass is 10.1. The molecule has 0 amide bonds. The van der Waals surface area contributed by atoms with Crippen LogP contribution in [0, 0.1) is 0 Å². The van der Waals surface area contributed by atoms with Crippen molar-refractivity contribution in [1.82, 2.24) is 20.4 Å². The molecule has 0 aromatic heterocycles. The molecule has 8 bridgehead atoms. The fourth-order valence-electron chi connectivity index (χ4n) is 6.89. The number of hydrogen-bond acceptors (Lipinski definition) is 8. The van der Waals surface area contributed by atoms with Crippen LogP contribution in [0.1, 0.15) is 69.2 Å². The Balaban J connectivity index is 1.31. The Labute approximate surface area is 243 Å². The summed E-state index contributed by atoms with van der Waals surface area (Å²) < 4.78 is 0. The molecular formula is C34H28N8. The molecule has 5 aliphatic rings. The summed E-state index contributed by atoms with van der Waals surface area (Å²) in [7, 11) is 4.18. The molecule has 9 rings (SSSR count). The van der Waals surface area contributed by atoms with Crippen molar-refractivity contribution < 1.29 is 0 Å². The van der Waals surface area contributed by atoms with Gasteiger partial charge in [-0.3, -0.25) is 0 Å². The number of fused-ring (bicyclic) bond motifs is 20. The number of benzene rings is 4. The summed E-state index contributed by atoms with van der Waals surface area (Å²) >= 11 is 0. The lowest BCUT2D eigenvalue weighted by Crippen LogP contribution is -2.30. The molecule has 42 heavy (non-hydrogen) atoms. The highest BCUT2D eigenvalue weighted by molar-refractivity contribution is 6.09.